The van der Waals surface area contributed by atoms with E-state index < -0.39 is 18.0 Å². The third-order valence-corrected chi connectivity index (χ3v) is 2.58. The fraction of sp³-hybridized carbons (Fsp3) is 0.385. The molecule has 1 rings (SSSR count). The Morgan fingerprint density at radius 3 is 2.61 bits per heavy atom. The molecule has 0 saturated heterocycles. The van der Waals surface area contributed by atoms with Gasteiger partial charge in [0.1, 0.15) is 0 Å². The first-order valence-electron chi connectivity index (χ1n) is 5.76. The lowest BCUT2D eigenvalue weighted by Crippen LogP contribution is -2.27. The van der Waals surface area contributed by atoms with Crippen LogP contribution in [0.3, 0.4) is 0 Å². The molecule has 0 heterocycles. The lowest BCUT2D eigenvalue weighted by Gasteiger charge is -2.14. The minimum Gasteiger partial charge on any atom is -0.479 e. The summed E-state index contributed by atoms with van der Waals surface area (Å²) in [6.45, 7) is 3.55. The molecule has 0 amide bonds. The van der Waals surface area contributed by atoms with Crippen LogP contribution in [0.2, 0.25) is 0 Å². The minimum absolute atomic E-state index is 0.236. The molecule has 0 aliphatic heterocycles. The maximum Gasteiger partial charge on any atom is 0.345 e. The lowest BCUT2D eigenvalue weighted by atomic mass is 10.1. The number of hydrogen-bond acceptors (Lipinski definition) is 4. The number of anilines is 1. The van der Waals surface area contributed by atoms with Gasteiger partial charge in [-0.25, -0.2) is 9.59 Å². The predicted octanol–water partition coefficient (Wildman–Crippen LogP) is 1.99. The maximum absolute atomic E-state index is 11.9. The number of carbonyl (C=O) groups excluding carboxylic acids is 1. The third kappa shape index (κ3) is 3.23. The third-order valence-electron chi connectivity index (χ3n) is 2.58. The zero-order valence-electron chi connectivity index (χ0n) is 10.5. The highest BCUT2D eigenvalue weighted by molar-refractivity contribution is 5.97. The Balaban J connectivity index is 2.90. The fourth-order valence-corrected chi connectivity index (χ4v) is 1.65. The second-order valence-corrected chi connectivity index (χ2v) is 4.06. The first-order valence-corrected chi connectivity index (χ1v) is 5.76. The monoisotopic (exact) mass is 251 g/mol. The van der Waals surface area contributed by atoms with E-state index in [9.17, 15) is 9.59 Å². The number of hydrogen-bond donors (Lipinski definition) is 2. The van der Waals surface area contributed by atoms with Crippen molar-refractivity contribution in [2.24, 2.45) is 0 Å². The lowest BCUT2D eigenvalue weighted by molar-refractivity contribution is -0.147. The van der Waals surface area contributed by atoms with Gasteiger partial charge in [-0.3, -0.25) is 0 Å². The van der Waals surface area contributed by atoms with Gasteiger partial charge in [0.25, 0.3) is 0 Å². The summed E-state index contributed by atoms with van der Waals surface area (Å²) in [6.07, 6.45) is -0.220. The molecule has 1 aromatic rings. The highest BCUT2D eigenvalue weighted by atomic mass is 16.6. The summed E-state index contributed by atoms with van der Waals surface area (Å²) >= 11 is 0. The van der Waals surface area contributed by atoms with Crippen LogP contribution < -0.4 is 5.73 Å². The molecule has 18 heavy (non-hydrogen) atoms. The molecule has 0 spiro atoms. The summed E-state index contributed by atoms with van der Waals surface area (Å²) in [4.78, 5) is 22.8. The van der Waals surface area contributed by atoms with Crippen molar-refractivity contribution in [1.29, 1.82) is 0 Å². The average molecular weight is 251 g/mol. The van der Waals surface area contributed by atoms with Crippen LogP contribution in [0.25, 0.3) is 0 Å². The number of aliphatic carboxylic acids is 1. The molecule has 1 unspecified atom stereocenters. The number of nitrogen functional groups attached to an aromatic ring is 1. The van der Waals surface area contributed by atoms with Crippen LogP contribution in [-0.2, 0) is 9.53 Å². The minimum atomic E-state index is -1.14. The molecule has 0 aliphatic carbocycles. The second kappa shape index (κ2) is 6.05. The summed E-state index contributed by atoms with van der Waals surface area (Å²) in [5.41, 5.74) is 6.90. The molecule has 0 aromatic heterocycles. The molecule has 0 bridgehead atoms. The number of carbonyl (C=O) groups is 2. The summed E-state index contributed by atoms with van der Waals surface area (Å²) < 4.78 is 4.98. The molecule has 0 aliphatic rings. The number of aryl methyl sites for hydroxylation is 1. The van der Waals surface area contributed by atoms with Crippen LogP contribution in [0.1, 0.15) is 35.7 Å². The maximum atomic E-state index is 11.9. The van der Waals surface area contributed by atoms with E-state index in [1.807, 2.05) is 6.92 Å². The Morgan fingerprint density at radius 2 is 2.11 bits per heavy atom. The zero-order valence-corrected chi connectivity index (χ0v) is 10.5. The fourth-order valence-electron chi connectivity index (χ4n) is 1.65. The average Bonchev–Trinajstić information content (AvgIpc) is 2.28. The molecule has 98 valence electrons. The van der Waals surface area contributed by atoms with Gasteiger partial charge in [0, 0.05) is 5.69 Å². The SMILES string of the molecule is CCCC(OC(=O)c1c(C)cccc1N)C(=O)O. The van der Waals surface area contributed by atoms with Crippen LogP contribution in [0.5, 0.6) is 0 Å². The molecule has 0 radical (unpaired) electrons. The quantitative estimate of drug-likeness (QED) is 0.617. The molecule has 1 aromatic carbocycles. The Morgan fingerprint density at radius 1 is 1.44 bits per heavy atom. The smallest absolute Gasteiger partial charge is 0.345 e. The van der Waals surface area contributed by atoms with Crippen molar-refractivity contribution < 1.29 is 19.4 Å². The predicted molar refractivity (Wildman–Crippen MR) is 67.3 cm³/mol. The van der Waals surface area contributed by atoms with E-state index in [1.165, 1.54) is 0 Å². The van der Waals surface area contributed by atoms with Gasteiger partial charge in [-0.1, -0.05) is 25.5 Å². The number of nitrogens with two attached hydrogens (primary N) is 1. The first-order chi connectivity index (χ1) is 8.47. The summed E-state index contributed by atoms with van der Waals surface area (Å²) in [5.74, 6) is -1.83. The standard InChI is InChI=1S/C13H17NO4/c1-3-5-10(12(15)16)18-13(17)11-8(2)6-4-7-9(11)14/h4,6-7,10H,3,5,14H2,1-2H3,(H,15,16). The van der Waals surface area contributed by atoms with Gasteiger partial charge in [-0.05, 0) is 25.0 Å². The molecule has 3 N–H and O–H groups in total. The van der Waals surface area contributed by atoms with Crippen molar-refractivity contribution >= 4 is 17.6 Å². The molecule has 5 nitrogen and oxygen atoms in total. The van der Waals surface area contributed by atoms with Gasteiger partial charge >= 0.3 is 11.9 Å². The van der Waals surface area contributed by atoms with E-state index >= 15 is 0 Å². The molecule has 1 atom stereocenters. The normalized spacial score (nSPS) is 11.9. The van der Waals surface area contributed by atoms with Gasteiger partial charge in [0.2, 0.25) is 0 Å². The van der Waals surface area contributed by atoms with Crippen LogP contribution in [0, 0.1) is 6.92 Å². The molecular formula is C13H17NO4. The number of esters is 1. The van der Waals surface area contributed by atoms with Crippen molar-refractivity contribution in [2.75, 3.05) is 5.73 Å². The molecule has 0 saturated carbocycles. The van der Waals surface area contributed by atoms with Crippen molar-refractivity contribution in [2.45, 2.75) is 32.8 Å². The van der Waals surface area contributed by atoms with Crippen LogP contribution in [0.4, 0.5) is 5.69 Å². The summed E-state index contributed by atoms with van der Waals surface area (Å²) in [6, 6.07) is 5.03. The van der Waals surface area contributed by atoms with Gasteiger partial charge in [0.15, 0.2) is 6.10 Å². The Kier molecular flexibility index (Phi) is 4.71. The Bertz CT molecular complexity index is 436. The first kappa shape index (κ1) is 14.0. The van der Waals surface area contributed by atoms with Gasteiger partial charge in [-0.15, -0.1) is 0 Å². The van der Waals surface area contributed by atoms with Crippen molar-refractivity contribution in [3.8, 4) is 0 Å². The number of benzene rings is 1. The molecule has 0 fully saturated rings. The molecule has 5 heteroatoms. The van der Waals surface area contributed by atoms with Crippen molar-refractivity contribution in [3.63, 3.8) is 0 Å². The molecular weight excluding hydrogens is 234 g/mol. The number of carboxylic acids is 1. The van der Waals surface area contributed by atoms with E-state index in [4.69, 9.17) is 15.6 Å². The van der Waals surface area contributed by atoms with Crippen LogP contribution in [-0.4, -0.2) is 23.1 Å². The largest absolute Gasteiger partial charge is 0.479 e. The number of carboxylic acid groups (broad SMARTS) is 1. The van der Waals surface area contributed by atoms with Gasteiger partial charge in [-0.2, -0.15) is 0 Å². The van der Waals surface area contributed by atoms with Gasteiger partial charge < -0.3 is 15.6 Å². The summed E-state index contributed by atoms with van der Waals surface area (Å²) in [7, 11) is 0. The number of rotatable bonds is 5. The Hall–Kier alpha value is -2.04. The van der Waals surface area contributed by atoms with Crippen LogP contribution >= 0.6 is 0 Å². The van der Waals surface area contributed by atoms with E-state index in [1.54, 1.807) is 25.1 Å². The highest BCUT2D eigenvalue weighted by Crippen LogP contribution is 2.18. The van der Waals surface area contributed by atoms with Gasteiger partial charge in [0.05, 0.1) is 5.56 Å². The van der Waals surface area contributed by atoms with E-state index in [0.29, 0.717) is 17.7 Å². The Labute approximate surface area is 106 Å². The highest BCUT2D eigenvalue weighted by Gasteiger charge is 2.23. The summed E-state index contributed by atoms with van der Waals surface area (Å²) in [5, 5.41) is 8.93. The second-order valence-electron chi connectivity index (χ2n) is 4.06. The van der Waals surface area contributed by atoms with E-state index in [2.05, 4.69) is 0 Å². The van der Waals surface area contributed by atoms with E-state index in [-0.39, 0.29) is 12.0 Å². The van der Waals surface area contributed by atoms with E-state index in [0.717, 1.165) is 0 Å². The van der Waals surface area contributed by atoms with Crippen LogP contribution in [0.15, 0.2) is 18.2 Å². The van der Waals surface area contributed by atoms with Crippen molar-refractivity contribution in [3.05, 3.63) is 29.3 Å². The van der Waals surface area contributed by atoms with Crippen molar-refractivity contribution in [1.82, 2.24) is 0 Å². The number of ether oxygens (including phenoxy) is 1. The zero-order chi connectivity index (χ0) is 13.7. The topological polar surface area (TPSA) is 89.6 Å².